The summed E-state index contributed by atoms with van der Waals surface area (Å²) < 4.78 is 0. The van der Waals surface area contributed by atoms with Crippen molar-refractivity contribution >= 4 is 12.2 Å². The van der Waals surface area contributed by atoms with Gasteiger partial charge in [0.1, 0.15) is 0 Å². The molecule has 3 rings (SSSR count). The van der Waals surface area contributed by atoms with Crippen LogP contribution in [0.25, 0.3) is 12.2 Å². The van der Waals surface area contributed by atoms with Gasteiger partial charge in [0.25, 0.3) is 0 Å². The van der Waals surface area contributed by atoms with E-state index < -0.39 is 5.66 Å². The number of nitrogens with zero attached hydrogens (tertiary/aromatic N) is 4. The fraction of sp³-hybridized carbons (Fsp3) is 0.0588. The molecule has 1 aliphatic rings. The molecule has 0 atom stereocenters. The van der Waals surface area contributed by atoms with Crippen molar-refractivity contribution in [3.05, 3.63) is 83.9 Å². The standard InChI is InChI=1S/C17H14N4/c1-3-7-15(8-4-1)11-13-17(18-20-21-19-17)14-12-16-9-5-2-6-10-16/h1-14H/b13-11+,14-12?. The number of benzene rings is 2. The van der Waals surface area contributed by atoms with Crippen LogP contribution in [0.3, 0.4) is 0 Å². The maximum atomic E-state index is 4.12. The molecular formula is C17H14N4. The first-order valence-corrected chi connectivity index (χ1v) is 6.69. The molecule has 0 fully saturated rings. The molecule has 102 valence electrons. The van der Waals surface area contributed by atoms with Gasteiger partial charge in [-0.2, -0.15) is 0 Å². The Bertz CT molecular complexity index is 637. The van der Waals surface area contributed by atoms with Crippen LogP contribution in [-0.2, 0) is 0 Å². The summed E-state index contributed by atoms with van der Waals surface area (Å²) in [7, 11) is 0. The molecule has 1 aliphatic heterocycles. The molecule has 0 aromatic heterocycles. The van der Waals surface area contributed by atoms with E-state index in [2.05, 4.69) is 20.7 Å². The maximum absolute atomic E-state index is 4.12. The van der Waals surface area contributed by atoms with E-state index >= 15 is 0 Å². The van der Waals surface area contributed by atoms with Crippen LogP contribution >= 0.6 is 0 Å². The summed E-state index contributed by atoms with van der Waals surface area (Å²) in [5, 5.41) is 15.5. The van der Waals surface area contributed by atoms with Gasteiger partial charge in [-0.05, 0) is 33.7 Å². The summed E-state index contributed by atoms with van der Waals surface area (Å²) in [6.45, 7) is 0. The van der Waals surface area contributed by atoms with E-state index in [1.165, 1.54) is 0 Å². The van der Waals surface area contributed by atoms with Crippen LogP contribution in [0.15, 0.2) is 93.5 Å². The van der Waals surface area contributed by atoms with Crippen molar-refractivity contribution in [2.75, 3.05) is 0 Å². The van der Waals surface area contributed by atoms with Crippen molar-refractivity contribution in [1.82, 2.24) is 0 Å². The zero-order chi connectivity index (χ0) is 14.4. The Morgan fingerprint density at radius 3 is 1.48 bits per heavy atom. The second kappa shape index (κ2) is 6.05. The van der Waals surface area contributed by atoms with Crippen LogP contribution in [0.2, 0.25) is 0 Å². The Morgan fingerprint density at radius 1 is 0.619 bits per heavy atom. The summed E-state index contributed by atoms with van der Waals surface area (Å²) >= 11 is 0. The largest absolute Gasteiger partial charge is 0.232 e. The third-order valence-electron chi connectivity index (χ3n) is 3.09. The Balaban J connectivity index is 1.84. The minimum Gasteiger partial charge on any atom is -0.126 e. The fourth-order valence-corrected chi connectivity index (χ4v) is 1.96. The molecule has 4 nitrogen and oxygen atoms in total. The lowest BCUT2D eigenvalue weighted by atomic mass is 10.1. The third-order valence-corrected chi connectivity index (χ3v) is 3.09. The highest BCUT2D eigenvalue weighted by atomic mass is 15.6. The van der Waals surface area contributed by atoms with Crippen LogP contribution in [0.4, 0.5) is 0 Å². The number of hydrogen-bond donors (Lipinski definition) is 0. The molecule has 21 heavy (non-hydrogen) atoms. The van der Waals surface area contributed by atoms with E-state index in [4.69, 9.17) is 0 Å². The summed E-state index contributed by atoms with van der Waals surface area (Å²) in [6.07, 6.45) is 7.72. The maximum Gasteiger partial charge on any atom is 0.232 e. The molecule has 0 saturated heterocycles. The van der Waals surface area contributed by atoms with Crippen LogP contribution in [0.5, 0.6) is 0 Å². The van der Waals surface area contributed by atoms with Crippen molar-refractivity contribution in [3.63, 3.8) is 0 Å². The molecule has 0 bridgehead atoms. The molecule has 0 spiro atoms. The van der Waals surface area contributed by atoms with Crippen molar-refractivity contribution in [1.29, 1.82) is 0 Å². The first-order valence-electron chi connectivity index (χ1n) is 6.69. The average Bonchev–Trinajstić information content (AvgIpc) is 3.03. The minimum absolute atomic E-state index is 0.842. The van der Waals surface area contributed by atoms with Crippen LogP contribution in [-0.4, -0.2) is 5.66 Å². The zero-order valence-electron chi connectivity index (χ0n) is 11.4. The van der Waals surface area contributed by atoms with Gasteiger partial charge >= 0.3 is 0 Å². The summed E-state index contributed by atoms with van der Waals surface area (Å²) in [4.78, 5) is 0. The molecular weight excluding hydrogens is 260 g/mol. The predicted molar refractivity (Wildman–Crippen MR) is 83.4 cm³/mol. The smallest absolute Gasteiger partial charge is 0.126 e. The van der Waals surface area contributed by atoms with Crippen LogP contribution < -0.4 is 0 Å². The monoisotopic (exact) mass is 274 g/mol. The van der Waals surface area contributed by atoms with Gasteiger partial charge in [0, 0.05) is 0 Å². The number of hydrogen-bond acceptors (Lipinski definition) is 4. The molecule has 0 radical (unpaired) electrons. The first-order chi connectivity index (χ1) is 10.4. The second-order valence-electron chi connectivity index (χ2n) is 4.65. The normalized spacial score (nSPS) is 16.2. The fourth-order valence-electron chi connectivity index (χ4n) is 1.96. The minimum atomic E-state index is -0.842. The van der Waals surface area contributed by atoms with E-state index in [9.17, 15) is 0 Å². The lowest BCUT2D eigenvalue weighted by molar-refractivity contribution is 0.693. The molecule has 0 amide bonds. The van der Waals surface area contributed by atoms with Gasteiger partial charge in [0.15, 0.2) is 0 Å². The van der Waals surface area contributed by atoms with Crippen molar-refractivity contribution in [3.8, 4) is 0 Å². The topological polar surface area (TPSA) is 49.4 Å². The molecule has 0 N–H and O–H groups in total. The van der Waals surface area contributed by atoms with Gasteiger partial charge in [-0.25, -0.2) is 0 Å². The van der Waals surface area contributed by atoms with Crippen molar-refractivity contribution < 1.29 is 0 Å². The molecule has 0 aliphatic carbocycles. The number of rotatable bonds is 4. The van der Waals surface area contributed by atoms with Gasteiger partial charge < -0.3 is 0 Å². The van der Waals surface area contributed by atoms with E-state index in [1.807, 2.05) is 85.0 Å². The quantitative estimate of drug-likeness (QED) is 0.758. The van der Waals surface area contributed by atoms with Crippen LogP contribution in [0, 0.1) is 0 Å². The SMILES string of the molecule is C(=CC1(/C=C/c2ccccc2)N=NN=N1)c1ccccc1. The van der Waals surface area contributed by atoms with Gasteiger partial charge in [-0.1, -0.05) is 72.8 Å². The van der Waals surface area contributed by atoms with E-state index in [0.29, 0.717) is 0 Å². The molecule has 1 heterocycles. The van der Waals surface area contributed by atoms with Crippen LogP contribution in [0.1, 0.15) is 11.1 Å². The predicted octanol–water partition coefficient (Wildman–Crippen LogP) is 4.94. The summed E-state index contributed by atoms with van der Waals surface area (Å²) in [6, 6.07) is 20.0. The molecule has 0 unspecified atom stereocenters. The van der Waals surface area contributed by atoms with E-state index in [1.54, 1.807) is 0 Å². The molecule has 4 heteroatoms. The Morgan fingerprint density at radius 2 is 1.05 bits per heavy atom. The van der Waals surface area contributed by atoms with Gasteiger partial charge in [-0.15, -0.1) is 10.2 Å². The Hall–Kier alpha value is -2.88. The van der Waals surface area contributed by atoms with Gasteiger partial charge in [-0.3, -0.25) is 0 Å². The Kier molecular flexibility index (Phi) is 3.78. The highest BCUT2D eigenvalue weighted by Gasteiger charge is 2.26. The van der Waals surface area contributed by atoms with E-state index in [-0.39, 0.29) is 0 Å². The van der Waals surface area contributed by atoms with E-state index in [0.717, 1.165) is 11.1 Å². The van der Waals surface area contributed by atoms with Crippen molar-refractivity contribution in [2.45, 2.75) is 5.66 Å². The molecule has 0 saturated carbocycles. The third kappa shape index (κ3) is 3.36. The molecule has 2 aromatic rings. The highest BCUT2D eigenvalue weighted by Crippen LogP contribution is 2.25. The summed E-state index contributed by atoms with van der Waals surface area (Å²) in [5.41, 5.74) is 1.33. The molecule has 2 aromatic carbocycles. The zero-order valence-corrected chi connectivity index (χ0v) is 11.4. The Labute approximate surface area is 123 Å². The van der Waals surface area contributed by atoms with Crippen molar-refractivity contribution in [2.24, 2.45) is 20.7 Å². The highest BCUT2D eigenvalue weighted by molar-refractivity contribution is 5.55. The van der Waals surface area contributed by atoms with Gasteiger partial charge in [0.05, 0.1) is 0 Å². The second-order valence-corrected chi connectivity index (χ2v) is 4.65. The lowest BCUT2D eigenvalue weighted by Crippen LogP contribution is -2.13. The lowest BCUT2D eigenvalue weighted by Gasteiger charge is -2.09. The summed E-state index contributed by atoms with van der Waals surface area (Å²) in [5.74, 6) is 0. The average molecular weight is 274 g/mol. The van der Waals surface area contributed by atoms with Gasteiger partial charge in [0.2, 0.25) is 5.66 Å². The first kappa shape index (κ1) is 13.1.